The maximum Gasteiger partial charge on any atom is 0.242 e. The molecule has 1 aliphatic rings. The maximum absolute atomic E-state index is 12.8. The first-order valence-electron chi connectivity index (χ1n) is 17.5. The number of nitrogens with zero attached hydrogens (tertiary/aromatic N) is 1. The molecule has 4 atom stereocenters. The van der Waals surface area contributed by atoms with E-state index in [9.17, 15) is 24.0 Å². The molecule has 51 heavy (non-hydrogen) atoms. The van der Waals surface area contributed by atoms with Crippen molar-refractivity contribution in [1.82, 2.24) is 26.2 Å². The first kappa shape index (κ1) is 38.6. The van der Waals surface area contributed by atoms with E-state index >= 15 is 0 Å². The number of carbonyl (C=O) groups excluding carboxylic acids is 5. The van der Waals surface area contributed by atoms with Crippen molar-refractivity contribution in [2.75, 3.05) is 19.6 Å². The van der Waals surface area contributed by atoms with E-state index < -0.39 is 47.8 Å². The summed E-state index contributed by atoms with van der Waals surface area (Å²) in [6, 6.07) is 23.7. The molecule has 0 saturated carbocycles. The van der Waals surface area contributed by atoms with Crippen molar-refractivity contribution in [1.29, 1.82) is 0 Å². The van der Waals surface area contributed by atoms with Crippen LogP contribution in [0.15, 0.2) is 84.9 Å². The lowest BCUT2D eigenvalue weighted by Crippen LogP contribution is -2.56. The van der Waals surface area contributed by atoms with E-state index in [0.29, 0.717) is 6.54 Å². The number of amides is 5. The standard InChI is InChI=1S/C39H50N6O6/c1-26(37(48)42-27(2)38(49)43-28(3)39(50)44-33(36(40)47)25-30-14-8-5-9-15-30)41-35(46)20-23-45-21-18-32(19-22-45)51-34-17-11-10-16-31(34)24-29-12-6-4-7-13-29/h4-17,26-28,32-33H,18-25H2,1-3H3,(H2,40,47)(H,41,46)(H,42,48)(H,43,49)(H,44,50)/t26-,27-,28-,33+/m0/s1. The predicted octanol–water partition coefficient (Wildman–Crippen LogP) is 2.24. The molecule has 0 bridgehead atoms. The zero-order valence-electron chi connectivity index (χ0n) is 29.6. The second-order valence-electron chi connectivity index (χ2n) is 13.1. The molecule has 0 aliphatic carbocycles. The van der Waals surface area contributed by atoms with E-state index in [-0.39, 0.29) is 24.9 Å². The zero-order chi connectivity index (χ0) is 36.8. The van der Waals surface area contributed by atoms with Crippen molar-refractivity contribution in [3.63, 3.8) is 0 Å². The van der Waals surface area contributed by atoms with Gasteiger partial charge in [-0.2, -0.15) is 0 Å². The molecule has 12 heteroatoms. The number of nitrogens with one attached hydrogen (secondary N) is 4. The van der Waals surface area contributed by atoms with E-state index in [4.69, 9.17) is 10.5 Å². The number of likely N-dealkylation sites (tertiary alicyclic amines) is 1. The van der Waals surface area contributed by atoms with Gasteiger partial charge in [-0.15, -0.1) is 0 Å². The Morgan fingerprint density at radius 3 is 1.80 bits per heavy atom. The Balaban J connectivity index is 1.13. The van der Waals surface area contributed by atoms with Crippen molar-refractivity contribution in [2.24, 2.45) is 5.73 Å². The number of nitrogens with two attached hydrogens (primary N) is 1. The Hall–Kier alpha value is -5.23. The first-order valence-corrected chi connectivity index (χ1v) is 17.5. The molecule has 3 aromatic carbocycles. The van der Waals surface area contributed by atoms with Gasteiger partial charge >= 0.3 is 0 Å². The summed E-state index contributed by atoms with van der Waals surface area (Å²) in [6.07, 6.45) is 3.03. The molecule has 12 nitrogen and oxygen atoms in total. The highest BCUT2D eigenvalue weighted by atomic mass is 16.5. The second-order valence-corrected chi connectivity index (χ2v) is 13.1. The normalized spacial score (nSPS) is 15.7. The first-order chi connectivity index (χ1) is 24.5. The van der Waals surface area contributed by atoms with E-state index in [1.165, 1.54) is 19.4 Å². The van der Waals surface area contributed by atoms with Crippen molar-refractivity contribution >= 4 is 29.5 Å². The third-order valence-electron chi connectivity index (χ3n) is 8.91. The van der Waals surface area contributed by atoms with Crippen LogP contribution in [0.4, 0.5) is 0 Å². The third kappa shape index (κ3) is 12.6. The Kier molecular flexibility index (Phi) is 14.5. The lowest BCUT2D eigenvalue weighted by atomic mass is 10.0. The van der Waals surface area contributed by atoms with Crippen molar-refractivity contribution in [2.45, 2.75) is 83.1 Å². The van der Waals surface area contributed by atoms with Crippen LogP contribution in [-0.2, 0) is 36.8 Å². The predicted molar refractivity (Wildman–Crippen MR) is 194 cm³/mol. The molecule has 0 unspecified atom stereocenters. The van der Waals surface area contributed by atoms with Crippen LogP contribution in [0.3, 0.4) is 0 Å². The molecular weight excluding hydrogens is 648 g/mol. The number of benzene rings is 3. The molecule has 5 amide bonds. The number of ether oxygens (including phenoxy) is 1. The van der Waals surface area contributed by atoms with Gasteiger partial charge in [0.15, 0.2) is 0 Å². The van der Waals surface area contributed by atoms with E-state index in [1.807, 2.05) is 66.7 Å². The Morgan fingerprint density at radius 1 is 0.706 bits per heavy atom. The topological polar surface area (TPSA) is 172 Å². The summed E-state index contributed by atoms with van der Waals surface area (Å²) in [7, 11) is 0. The molecule has 6 N–H and O–H groups in total. The van der Waals surface area contributed by atoms with Gasteiger partial charge < -0.3 is 36.6 Å². The number of rotatable bonds is 17. The second kappa shape index (κ2) is 19.2. The van der Waals surface area contributed by atoms with Crippen LogP contribution in [0.1, 0.15) is 56.7 Å². The minimum Gasteiger partial charge on any atom is -0.490 e. The Bertz CT molecular complexity index is 1610. The molecule has 1 saturated heterocycles. The summed E-state index contributed by atoms with van der Waals surface area (Å²) in [4.78, 5) is 65.1. The highest BCUT2D eigenvalue weighted by Crippen LogP contribution is 2.25. The molecule has 1 heterocycles. The van der Waals surface area contributed by atoms with Crippen LogP contribution in [0.25, 0.3) is 0 Å². The average molecular weight is 699 g/mol. The molecule has 0 aromatic heterocycles. The van der Waals surface area contributed by atoms with Crippen LogP contribution in [0.2, 0.25) is 0 Å². The summed E-state index contributed by atoms with van der Waals surface area (Å²) in [5.41, 5.74) is 8.69. The van der Waals surface area contributed by atoms with Crippen LogP contribution in [0, 0.1) is 0 Å². The molecule has 0 spiro atoms. The number of piperidine rings is 1. The van der Waals surface area contributed by atoms with Gasteiger partial charge in [-0.3, -0.25) is 24.0 Å². The van der Waals surface area contributed by atoms with Crippen LogP contribution in [-0.4, -0.2) is 84.3 Å². The highest BCUT2D eigenvalue weighted by Gasteiger charge is 2.27. The van der Waals surface area contributed by atoms with Gasteiger partial charge in [-0.1, -0.05) is 78.9 Å². The summed E-state index contributed by atoms with van der Waals surface area (Å²) in [6.45, 7) is 6.64. The van der Waals surface area contributed by atoms with Gasteiger partial charge in [0.2, 0.25) is 29.5 Å². The summed E-state index contributed by atoms with van der Waals surface area (Å²) in [5, 5.41) is 10.4. The fourth-order valence-electron chi connectivity index (χ4n) is 5.83. The molecular formula is C39H50N6O6. The molecule has 4 rings (SSSR count). The third-order valence-corrected chi connectivity index (χ3v) is 8.91. The van der Waals surface area contributed by atoms with Gasteiger partial charge in [0.1, 0.15) is 36.0 Å². The zero-order valence-corrected chi connectivity index (χ0v) is 29.6. The smallest absolute Gasteiger partial charge is 0.242 e. The Morgan fingerprint density at radius 2 is 1.22 bits per heavy atom. The summed E-state index contributed by atoms with van der Waals surface area (Å²) in [5.74, 6) is -1.80. The summed E-state index contributed by atoms with van der Waals surface area (Å²) >= 11 is 0. The Labute approximate surface area is 299 Å². The lowest BCUT2D eigenvalue weighted by Gasteiger charge is -2.32. The van der Waals surface area contributed by atoms with E-state index in [0.717, 1.165) is 49.2 Å². The molecule has 1 aliphatic heterocycles. The number of hydrogen-bond acceptors (Lipinski definition) is 7. The monoisotopic (exact) mass is 698 g/mol. The van der Waals surface area contributed by atoms with Gasteiger partial charge in [0.25, 0.3) is 0 Å². The quantitative estimate of drug-likeness (QED) is 0.144. The van der Waals surface area contributed by atoms with Gasteiger partial charge in [0, 0.05) is 38.9 Å². The number of hydrogen-bond donors (Lipinski definition) is 5. The van der Waals surface area contributed by atoms with Crippen LogP contribution < -0.4 is 31.7 Å². The molecule has 272 valence electrons. The summed E-state index contributed by atoms with van der Waals surface area (Å²) < 4.78 is 6.42. The fraction of sp³-hybridized carbons (Fsp3) is 0.410. The molecule has 1 fully saturated rings. The SMILES string of the molecule is C[C@H](NC(=O)CCN1CCC(Oc2ccccc2Cc2ccccc2)CC1)C(=O)N[C@@H](C)C(=O)N[C@@H](C)C(=O)N[C@H](Cc1ccccc1)C(N)=O. The highest BCUT2D eigenvalue weighted by molar-refractivity contribution is 5.95. The van der Waals surface area contributed by atoms with E-state index in [1.54, 1.807) is 6.92 Å². The van der Waals surface area contributed by atoms with Crippen molar-refractivity contribution in [3.05, 3.63) is 102 Å². The minimum atomic E-state index is -1.00. The van der Waals surface area contributed by atoms with Crippen LogP contribution >= 0.6 is 0 Å². The maximum atomic E-state index is 12.8. The van der Waals surface area contributed by atoms with Crippen LogP contribution in [0.5, 0.6) is 5.75 Å². The van der Waals surface area contributed by atoms with Crippen molar-refractivity contribution in [3.8, 4) is 5.75 Å². The van der Waals surface area contributed by atoms with Gasteiger partial charge in [-0.05, 0) is 56.4 Å². The number of primary amides is 1. The molecule has 0 radical (unpaired) electrons. The molecule has 3 aromatic rings. The minimum absolute atomic E-state index is 0.0963. The number of carbonyl (C=O) groups is 5. The van der Waals surface area contributed by atoms with Gasteiger partial charge in [-0.25, -0.2) is 0 Å². The van der Waals surface area contributed by atoms with Gasteiger partial charge in [0.05, 0.1) is 0 Å². The lowest BCUT2D eigenvalue weighted by molar-refractivity contribution is -0.133. The fourth-order valence-corrected chi connectivity index (χ4v) is 5.83. The van der Waals surface area contributed by atoms with E-state index in [2.05, 4.69) is 44.4 Å². The largest absolute Gasteiger partial charge is 0.490 e. The average Bonchev–Trinajstić information content (AvgIpc) is 3.12. The van der Waals surface area contributed by atoms with Crippen molar-refractivity contribution < 1.29 is 28.7 Å². The number of para-hydroxylation sites is 1.